The number of aromatic hydroxyl groups is 2. The number of rotatable bonds is 10. The molecule has 39 heavy (non-hydrogen) atoms. The van der Waals surface area contributed by atoms with E-state index in [4.69, 9.17) is 23.2 Å². The molecule has 0 saturated carbocycles. The number of hydrogen-bond donors (Lipinski definition) is 2. The molecule has 0 bridgehead atoms. The van der Waals surface area contributed by atoms with E-state index in [0.29, 0.717) is 53.2 Å². The number of unbranched alkanes of at least 4 members (excludes halogenated alkanes) is 2. The molecule has 0 unspecified atom stereocenters. The second-order valence-electron chi connectivity index (χ2n) is 8.90. The lowest BCUT2D eigenvalue weighted by atomic mass is 10.1. The summed E-state index contributed by atoms with van der Waals surface area (Å²) < 4.78 is 3.33. The van der Waals surface area contributed by atoms with Crippen LogP contribution in [0.25, 0.3) is 21.8 Å². The van der Waals surface area contributed by atoms with Crippen molar-refractivity contribution >= 4 is 68.2 Å². The highest BCUT2D eigenvalue weighted by Crippen LogP contribution is 2.41. The molecular formula is C27H28Cl2N6O4. The summed E-state index contributed by atoms with van der Waals surface area (Å²) in [6, 6.07) is 10.4. The van der Waals surface area contributed by atoms with Gasteiger partial charge in [0.1, 0.15) is 0 Å². The Morgan fingerprint density at radius 2 is 1.13 bits per heavy atom. The van der Waals surface area contributed by atoms with E-state index in [-0.39, 0.29) is 36.0 Å². The van der Waals surface area contributed by atoms with E-state index in [9.17, 15) is 19.8 Å². The number of azo groups is 2. The van der Waals surface area contributed by atoms with Crippen LogP contribution in [-0.2, 0) is 22.7 Å². The Labute approximate surface area is 234 Å². The number of hydrogen-bond acceptors (Lipinski definition) is 6. The maximum Gasteiger partial charge on any atom is 0.264 e. The summed E-state index contributed by atoms with van der Waals surface area (Å²) in [5.74, 6) is -1.01. The number of amides is 2. The van der Waals surface area contributed by atoms with Gasteiger partial charge in [-0.1, -0.05) is 29.6 Å². The van der Waals surface area contributed by atoms with E-state index in [1.54, 1.807) is 45.5 Å². The van der Waals surface area contributed by atoms with Crippen LogP contribution in [0.3, 0.4) is 0 Å². The molecule has 0 aliphatic heterocycles. The van der Waals surface area contributed by atoms with Crippen molar-refractivity contribution < 1.29 is 19.8 Å². The van der Waals surface area contributed by atoms with Crippen molar-refractivity contribution in [1.82, 2.24) is 9.13 Å². The molecule has 12 heteroatoms. The molecule has 10 nitrogen and oxygen atoms in total. The minimum absolute atomic E-state index is 0.0744. The molecule has 4 rings (SSSR count). The monoisotopic (exact) mass is 570 g/mol. The van der Waals surface area contributed by atoms with Gasteiger partial charge in [0, 0.05) is 46.7 Å². The third kappa shape index (κ3) is 6.12. The molecule has 2 heterocycles. The summed E-state index contributed by atoms with van der Waals surface area (Å²) in [5.41, 5.74) is 1.90. The Bertz CT molecular complexity index is 1490. The number of benzene rings is 2. The van der Waals surface area contributed by atoms with E-state index < -0.39 is 11.8 Å². The summed E-state index contributed by atoms with van der Waals surface area (Å²) in [4.78, 5) is 24.5. The first-order valence-corrected chi connectivity index (χ1v) is 13.4. The van der Waals surface area contributed by atoms with Crippen molar-refractivity contribution in [3.8, 4) is 11.8 Å². The SMILES string of the molecule is CCn1c(O)c(N=NC(=O)CCCCCC(=O)N=Nc2c(O)n(CC)c3ccc(Cl)cc23)c2cc(Cl)ccc21. The molecule has 0 saturated heterocycles. The zero-order valence-electron chi connectivity index (χ0n) is 21.6. The number of aromatic nitrogens is 2. The lowest BCUT2D eigenvalue weighted by Gasteiger charge is -2.01. The third-order valence-electron chi connectivity index (χ3n) is 6.38. The quantitative estimate of drug-likeness (QED) is 0.146. The van der Waals surface area contributed by atoms with Gasteiger partial charge in [-0.05, 0) is 63.1 Å². The first-order valence-electron chi connectivity index (χ1n) is 12.7. The van der Waals surface area contributed by atoms with Gasteiger partial charge < -0.3 is 19.3 Å². The summed E-state index contributed by atoms with van der Waals surface area (Å²) in [7, 11) is 0. The molecule has 2 amide bonds. The first kappa shape index (κ1) is 28.3. The van der Waals surface area contributed by atoms with Gasteiger partial charge in [0.25, 0.3) is 11.8 Å². The fourth-order valence-electron chi connectivity index (χ4n) is 4.47. The summed E-state index contributed by atoms with van der Waals surface area (Å²) in [5, 5.41) is 38.7. The van der Waals surface area contributed by atoms with Crippen LogP contribution in [0.15, 0.2) is 56.9 Å². The lowest BCUT2D eigenvalue weighted by molar-refractivity contribution is -0.118. The molecule has 2 N–H and O–H groups in total. The summed E-state index contributed by atoms with van der Waals surface area (Å²) in [6.45, 7) is 4.81. The van der Waals surface area contributed by atoms with Crippen LogP contribution < -0.4 is 0 Å². The Hall–Kier alpha value is -3.76. The molecule has 0 radical (unpaired) electrons. The van der Waals surface area contributed by atoms with Crippen LogP contribution in [0, 0.1) is 0 Å². The molecule has 0 fully saturated rings. The smallest absolute Gasteiger partial charge is 0.264 e. The molecule has 0 atom stereocenters. The van der Waals surface area contributed by atoms with Crippen LogP contribution in [0.4, 0.5) is 11.4 Å². The number of nitrogens with zero attached hydrogens (tertiary/aromatic N) is 6. The van der Waals surface area contributed by atoms with E-state index in [1.165, 1.54) is 0 Å². The molecular weight excluding hydrogens is 543 g/mol. The second kappa shape index (κ2) is 12.4. The van der Waals surface area contributed by atoms with Crippen LogP contribution in [-0.4, -0.2) is 31.2 Å². The fourth-order valence-corrected chi connectivity index (χ4v) is 4.81. The standard InChI is InChI=1S/C27H28Cl2N6O4/c1-3-34-20-12-10-16(28)14-18(20)24(26(34)38)32-30-22(36)8-6-5-7-9-23(37)31-33-25-19-15-17(29)11-13-21(19)35(4-2)27(25)39/h10-15,38-39H,3-9H2,1-2H3. The normalized spacial score (nSPS) is 12.0. The van der Waals surface area contributed by atoms with Crippen molar-refractivity contribution in [3.05, 3.63) is 46.4 Å². The molecule has 0 aliphatic rings. The van der Waals surface area contributed by atoms with Gasteiger partial charge in [-0.15, -0.1) is 20.5 Å². The predicted molar refractivity (Wildman–Crippen MR) is 151 cm³/mol. The second-order valence-corrected chi connectivity index (χ2v) is 9.78. The maximum absolute atomic E-state index is 12.2. The Kier molecular flexibility index (Phi) is 8.98. The summed E-state index contributed by atoms with van der Waals surface area (Å²) >= 11 is 12.2. The Morgan fingerprint density at radius 3 is 1.51 bits per heavy atom. The zero-order valence-corrected chi connectivity index (χ0v) is 23.1. The van der Waals surface area contributed by atoms with E-state index in [2.05, 4.69) is 20.5 Å². The number of fused-ring (bicyclic) bond motifs is 2. The van der Waals surface area contributed by atoms with Crippen molar-refractivity contribution in [2.24, 2.45) is 20.5 Å². The van der Waals surface area contributed by atoms with Gasteiger partial charge >= 0.3 is 0 Å². The molecule has 2 aromatic carbocycles. The largest absolute Gasteiger partial charge is 0.493 e. The topological polar surface area (TPSA) is 134 Å². The van der Waals surface area contributed by atoms with Gasteiger partial charge in [-0.3, -0.25) is 9.59 Å². The van der Waals surface area contributed by atoms with Gasteiger partial charge in [-0.25, -0.2) is 0 Å². The van der Waals surface area contributed by atoms with Gasteiger partial charge in [0.05, 0.1) is 11.0 Å². The predicted octanol–water partition coefficient (Wildman–Crippen LogP) is 8.23. The highest BCUT2D eigenvalue weighted by atomic mass is 35.5. The number of carbonyl (C=O) groups is 2. The average Bonchev–Trinajstić information content (AvgIpc) is 3.33. The number of halogens is 2. The van der Waals surface area contributed by atoms with E-state index in [0.717, 1.165) is 11.0 Å². The van der Waals surface area contributed by atoms with Gasteiger partial charge in [0.2, 0.25) is 11.8 Å². The number of carbonyl (C=O) groups excluding carboxylic acids is 2. The highest BCUT2D eigenvalue weighted by molar-refractivity contribution is 6.32. The first-order chi connectivity index (χ1) is 18.7. The average molecular weight is 571 g/mol. The van der Waals surface area contributed by atoms with Crippen molar-refractivity contribution in [2.75, 3.05) is 0 Å². The maximum atomic E-state index is 12.2. The van der Waals surface area contributed by atoms with Crippen molar-refractivity contribution in [3.63, 3.8) is 0 Å². The minimum atomic E-state index is -0.429. The fraction of sp³-hybridized carbons (Fsp3) is 0.333. The van der Waals surface area contributed by atoms with Crippen molar-refractivity contribution in [1.29, 1.82) is 0 Å². The van der Waals surface area contributed by atoms with Crippen LogP contribution in [0.2, 0.25) is 10.0 Å². The Balaban J connectivity index is 1.28. The Morgan fingerprint density at radius 1 is 0.718 bits per heavy atom. The molecule has 4 aromatic rings. The molecule has 0 aliphatic carbocycles. The van der Waals surface area contributed by atoms with E-state index >= 15 is 0 Å². The molecule has 2 aromatic heterocycles. The van der Waals surface area contributed by atoms with E-state index in [1.807, 2.05) is 13.8 Å². The van der Waals surface area contributed by atoms with Gasteiger partial charge in [-0.2, -0.15) is 0 Å². The van der Waals surface area contributed by atoms with Crippen LogP contribution in [0.1, 0.15) is 46.0 Å². The molecule has 0 spiro atoms. The van der Waals surface area contributed by atoms with Crippen molar-refractivity contribution in [2.45, 2.75) is 59.0 Å². The summed E-state index contributed by atoms with van der Waals surface area (Å²) in [6.07, 6.45) is 1.94. The minimum Gasteiger partial charge on any atom is -0.493 e. The third-order valence-corrected chi connectivity index (χ3v) is 6.85. The zero-order chi connectivity index (χ0) is 28.1. The number of aryl methyl sites for hydroxylation is 2. The van der Waals surface area contributed by atoms with Crippen LogP contribution >= 0.6 is 23.2 Å². The van der Waals surface area contributed by atoms with Gasteiger partial charge in [0.15, 0.2) is 11.4 Å². The lowest BCUT2D eigenvalue weighted by Crippen LogP contribution is -1.95. The van der Waals surface area contributed by atoms with Crippen LogP contribution in [0.5, 0.6) is 11.8 Å². The highest BCUT2D eigenvalue weighted by Gasteiger charge is 2.18. The molecule has 204 valence electrons.